The molecule has 0 radical (unpaired) electrons. The molecule has 2 heterocycles. The fourth-order valence-electron chi connectivity index (χ4n) is 3.24. The number of hydrogen-bond donors (Lipinski definition) is 0. The van der Waals surface area contributed by atoms with Crippen LogP contribution in [-0.2, 0) is 0 Å². The van der Waals surface area contributed by atoms with Crippen LogP contribution >= 0.6 is 0 Å². The number of nitrogens with zero attached hydrogens (tertiary/aromatic N) is 3. The molecule has 1 fully saturated rings. The zero-order valence-electron chi connectivity index (χ0n) is 12.7. The number of benzene rings is 2. The second-order valence-corrected chi connectivity index (χ2v) is 5.81. The number of fused-ring (bicyclic) bond motifs is 1. The molecular weight excluding hydrogens is 286 g/mol. The quantitative estimate of drug-likeness (QED) is 0.726. The number of aromatic nitrogens is 2. The van der Waals surface area contributed by atoms with Gasteiger partial charge in [0.25, 0.3) is 5.91 Å². The van der Waals surface area contributed by atoms with Crippen LogP contribution in [0.15, 0.2) is 60.8 Å². The second-order valence-electron chi connectivity index (χ2n) is 5.81. The molecule has 0 aliphatic carbocycles. The van der Waals surface area contributed by atoms with Gasteiger partial charge in [-0.15, -0.1) is 0 Å². The van der Waals surface area contributed by atoms with E-state index < -0.39 is 0 Å². The summed E-state index contributed by atoms with van der Waals surface area (Å²) >= 11 is 0. The molecule has 23 heavy (non-hydrogen) atoms. The number of amides is 1. The summed E-state index contributed by atoms with van der Waals surface area (Å²) in [4.78, 5) is 23.7. The number of likely N-dealkylation sites (tertiary alicyclic amines) is 1. The van der Waals surface area contributed by atoms with Gasteiger partial charge in [0.1, 0.15) is 5.69 Å². The van der Waals surface area contributed by atoms with E-state index in [1.807, 2.05) is 47.4 Å². The third-order valence-electron chi connectivity index (χ3n) is 4.37. The van der Waals surface area contributed by atoms with Crippen molar-refractivity contribution in [2.24, 2.45) is 0 Å². The van der Waals surface area contributed by atoms with Crippen molar-refractivity contribution in [1.82, 2.24) is 14.9 Å². The molecule has 3 aromatic rings. The fourth-order valence-corrected chi connectivity index (χ4v) is 3.24. The number of rotatable bonds is 2. The predicted molar refractivity (Wildman–Crippen MR) is 89.0 cm³/mol. The average Bonchev–Trinajstić information content (AvgIpc) is 3.11. The Hall–Kier alpha value is -2.75. The Morgan fingerprint density at radius 2 is 1.74 bits per heavy atom. The molecule has 2 aromatic carbocycles. The van der Waals surface area contributed by atoms with E-state index in [0.29, 0.717) is 5.69 Å². The third-order valence-corrected chi connectivity index (χ3v) is 4.37. The molecule has 4 rings (SSSR count). The lowest BCUT2D eigenvalue weighted by Gasteiger charge is -2.24. The van der Waals surface area contributed by atoms with Gasteiger partial charge in [0.2, 0.25) is 0 Å². The molecule has 0 spiro atoms. The van der Waals surface area contributed by atoms with Crippen molar-refractivity contribution in [3.05, 3.63) is 72.1 Å². The molecule has 4 nitrogen and oxygen atoms in total. The van der Waals surface area contributed by atoms with E-state index >= 15 is 0 Å². The second kappa shape index (κ2) is 5.80. The van der Waals surface area contributed by atoms with Crippen molar-refractivity contribution < 1.29 is 4.79 Å². The van der Waals surface area contributed by atoms with Crippen molar-refractivity contribution in [2.45, 2.75) is 18.9 Å². The summed E-state index contributed by atoms with van der Waals surface area (Å²) in [6.45, 7) is 0.771. The molecule has 1 saturated heterocycles. The van der Waals surface area contributed by atoms with Crippen molar-refractivity contribution in [3.8, 4) is 0 Å². The Morgan fingerprint density at radius 3 is 2.57 bits per heavy atom. The van der Waals surface area contributed by atoms with Crippen LogP contribution in [0.3, 0.4) is 0 Å². The Kier molecular flexibility index (Phi) is 3.50. The van der Waals surface area contributed by atoms with E-state index in [1.54, 1.807) is 6.20 Å². The molecule has 1 atom stereocenters. The van der Waals surface area contributed by atoms with Gasteiger partial charge in [-0.2, -0.15) is 0 Å². The number of carbonyl (C=O) groups is 1. The first-order chi connectivity index (χ1) is 11.3. The number of hydrogen-bond acceptors (Lipinski definition) is 3. The Labute approximate surface area is 134 Å². The van der Waals surface area contributed by atoms with Crippen molar-refractivity contribution in [3.63, 3.8) is 0 Å². The molecule has 1 aliphatic rings. The molecule has 1 amide bonds. The van der Waals surface area contributed by atoms with Crippen LogP contribution in [0.4, 0.5) is 0 Å². The van der Waals surface area contributed by atoms with Gasteiger partial charge in [0, 0.05) is 6.54 Å². The van der Waals surface area contributed by atoms with Crippen LogP contribution in [0.5, 0.6) is 0 Å². The lowest BCUT2D eigenvalue weighted by molar-refractivity contribution is 0.0729. The largest absolute Gasteiger partial charge is 0.330 e. The minimum atomic E-state index is -0.0328. The average molecular weight is 303 g/mol. The maximum absolute atomic E-state index is 12.9. The van der Waals surface area contributed by atoms with E-state index in [2.05, 4.69) is 22.1 Å². The maximum Gasteiger partial charge on any atom is 0.274 e. The van der Waals surface area contributed by atoms with Crippen LogP contribution in [0, 0.1) is 0 Å². The monoisotopic (exact) mass is 303 g/mol. The Balaban J connectivity index is 1.66. The molecule has 0 bridgehead atoms. The first-order valence-corrected chi connectivity index (χ1v) is 7.90. The maximum atomic E-state index is 12.9. The minimum Gasteiger partial charge on any atom is -0.330 e. The molecule has 1 unspecified atom stereocenters. The van der Waals surface area contributed by atoms with Crippen molar-refractivity contribution in [2.75, 3.05) is 6.54 Å². The summed E-state index contributed by atoms with van der Waals surface area (Å²) in [7, 11) is 0. The highest BCUT2D eigenvalue weighted by Crippen LogP contribution is 2.32. The molecular formula is C19H17N3O. The number of para-hydroxylation sites is 2. The molecule has 1 aromatic heterocycles. The van der Waals surface area contributed by atoms with E-state index in [-0.39, 0.29) is 11.9 Å². The summed E-state index contributed by atoms with van der Waals surface area (Å²) in [5.74, 6) is -0.0328. The molecule has 4 heteroatoms. The minimum absolute atomic E-state index is 0.0328. The highest BCUT2D eigenvalue weighted by molar-refractivity contribution is 5.94. The Bertz CT molecular complexity index is 847. The van der Waals surface area contributed by atoms with Gasteiger partial charge in [-0.3, -0.25) is 9.78 Å². The third kappa shape index (κ3) is 2.57. The Morgan fingerprint density at radius 1 is 1.00 bits per heavy atom. The SMILES string of the molecule is O=C(c1cnc2ccccc2n1)N1CCCC1c1ccccc1. The van der Waals surface area contributed by atoms with Gasteiger partial charge < -0.3 is 4.90 Å². The normalized spacial score (nSPS) is 17.6. The molecule has 114 valence electrons. The number of carbonyl (C=O) groups excluding carboxylic acids is 1. The van der Waals surface area contributed by atoms with Crippen LogP contribution in [0.2, 0.25) is 0 Å². The standard InChI is InChI=1S/C19H17N3O/c23-19(17-13-20-15-9-4-5-10-16(15)21-17)22-12-6-11-18(22)14-7-2-1-3-8-14/h1-5,7-10,13,18H,6,11-12H2. The lowest BCUT2D eigenvalue weighted by Crippen LogP contribution is -2.31. The molecule has 0 N–H and O–H groups in total. The summed E-state index contributed by atoms with van der Waals surface area (Å²) in [5, 5.41) is 0. The van der Waals surface area contributed by atoms with Crippen LogP contribution < -0.4 is 0 Å². The zero-order valence-corrected chi connectivity index (χ0v) is 12.7. The fraction of sp³-hybridized carbons (Fsp3) is 0.211. The summed E-state index contributed by atoms with van der Waals surface area (Å²) in [6, 6.07) is 18.0. The van der Waals surface area contributed by atoms with E-state index in [4.69, 9.17) is 0 Å². The van der Waals surface area contributed by atoms with Crippen LogP contribution in [0.1, 0.15) is 34.9 Å². The van der Waals surface area contributed by atoms with E-state index in [0.717, 1.165) is 30.4 Å². The lowest BCUT2D eigenvalue weighted by atomic mass is 10.0. The highest BCUT2D eigenvalue weighted by Gasteiger charge is 2.31. The first kappa shape index (κ1) is 13.9. The van der Waals surface area contributed by atoms with Crippen molar-refractivity contribution >= 4 is 16.9 Å². The first-order valence-electron chi connectivity index (χ1n) is 7.90. The zero-order chi connectivity index (χ0) is 15.6. The summed E-state index contributed by atoms with van der Waals surface area (Å²) in [5.41, 5.74) is 3.18. The van der Waals surface area contributed by atoms with Gasteiger partial charge in [-0.05, 0) is 30.5 Å². The molecule has 1 aliphatic heterocycles. The topological polar surface area (TPSA) is 46.1 Å². The van der Waals surface area contributed by atoms with Crippen LogP contribution in [-0.4, -0.2) is 27.3 Å². The molecule has 0 saturated carbocycles. The summed E-state index contributed by atoms with van der Waals surface area (Å²) < 4.78 is 0. The van der Waals surface area contributed by atoms with Gasteiger partial charge in [-0.25, -0.2) is 4.98 Å². The van der Waals surface area contributed by atoms with E-state index in [1.165, 1.54) is 5.56 Å². The van der Waals surface area contributed by atoms with Gasteiger partial charge in [-0.1, -0.05) is 42.5 Å². The highest BCUT2D eigenvalue weighted by atomic mass is 16.2. The van der Waals surface area contributed by atoms with Gasteiger partial charge in [0.05, 0.1) is 23.3 Å². The predicted octanol–water partition coefficient (Wildman–Crippen LogP) is 3.61. The van der Waals surface area contributed by atoms with Crippen molar-refractivity contribution in [1.29, 1.82) is 0 Å². The van der Waals surface area contributed by atoms with E-state index in [9.17, 15) is 4.79 Å². The summed E-state index contributed by atoms with van der Waals surface area (Å²) in [6.07, 6.45) is 3.61. The smallest absolute Gasteiger partial charge is 0.274 e. The van der Waals surface area contributed by atoms with Crippen LogP contribution in [0.25, 0.3) is 11.0 Å². The van der Waals surface area contributed by atoms with Gasteiger partial charge in [0.15, 0.2) is 0 Å². The van der Waals surface area contributed by atoms with Gasteiger partial charge >= 0.3 is 0 Å².